The Morgan fingerprint density at radius 2 is 1.94 bits per heavy atom. The van der Waals surface area contributed by atoms with Gasteiger partial charge in [0.05, 0.1) is 16.1 Å². The summed E-state index contributed by atoms with van der Waals surface area (Å²) in [6, 6.07) is 12.1. The number of rotatable bonds is 1. The first-order valence-corrected chi connectivity index (χ1v) is 6.52. The molecule has 3 aromatic rings. The number of benzene rings is 1. The summed E-state index contributed by atoms with van der Waals surface area (Å²) in [6.07, 6.45) is 0. The van der Waals surface area contributed by atoms with E-state index in [0.29, 0.717) is 6.79 Å². The van der Waals surface area contributed by atoms with Gasteiger partial charge in [0.2, 0.25) is 6.79 Å². The van der Waals surface area contributed by atoms with Crippen LogP contribution in [0, 0.1) is 0 Å². The molecule has 0 aliphatic carbocycles. The first-order chi connectivity index (χ1) is 8.90. The van der Waals surface area contributed by atoms with Gasteiger partial charge in [-0.05, 0) is 23.6 Å². The molecule has 1 aliphatic heterocycles. The summed E-state index contributed by atoms with van der Waals surface area (Å²) in [6.45, 7) is 0.295. The summed E-state index contributed by atoms with van der Waals surface area (Å²) in [5, 5.41) is 3.13. The number of hydrogen-bond acceptors (Lipinski definition) is 4. The van der Waals surface area contributed by atoms with Crippen LogP contribution in [0.25, 0.3) is 21.5 Å². The Morgan fingerprint density at radius 1 is 1.06 bits per heavy atom. The van der Waals surface area contributed by atoms with E-state index in [-0.39, 0.29) is 0 Å². The van der Waals surface area contributed by atoms with E-state index >= 15 is 0 Å². The Labute approximate surface area is 108 Å². The monoisotopic (exact) mass is 255 g/mol. The van der Waals surface area contributed by atoms with Gasteiger partial charge in [-0.25, -0.2) is 4.98 Å². The fraction of sp³-hybridized carbons (Fsp3) is 0.0714. The fourth-order valence-electron chi connectivity index (χ4n) is 2.07. The molecule has 0 radical (unpaired) electrons. The third-order valence-corrected chi connectivity index (χ3v) is 3.85. The molecule has 18 heavy (non-hydrogen) atoms. The summed E-state index contributed by atoms with van der Waals surface area (Å²) in [7, 11) is 0. The Balaban J connectivity index is 1.92. The molecule has 0 saturated heterocycles. The minimum Gasteiger partial charge on any atom is -0.454 e. The number of hydrogen-bond donors (Lipinski definition) is 0. The molecule has 88 valence electrons. The van der Waals surface area contributed by atoms with Gasteiger partial charge in [0, 0.05) is 11.5 Å². The minimum absolute atomic E-state index is 0.295. The zero-order valence-corrected chi connectivity index (χ0v) is 10.2. The predicted octanol–water partition coefficient (Wildman–Crippen LogP) is 3.69. The third-order valence-electron chi connectivity index (χ3n) is 2.96. The van der Waals surface area contributed by atoms with Crippen LogP contribution in [-0.2, 0) is 0 Å². The molecule has 1 aliphatic rings. The van der Waals surface area contributed by atoms with Gasteiger partial charge in [-0.1, -0.05) is 12.1 Å². The number of nitrogens with zero attached hydrogens (tertiary/aromatic N) is 1. The number of pyridine rings is 1. The zero-order chi connectivity index (χ0) is 11.9. The Kier molecular flexibility index (Phi) is 2.04. The van der Waals surface area contributed by atoms with Gasteiger partial charge in [-0.2, -0.15) is 0 Å². The van der Waals surface area contributed by atoms with Gasteiger partial charge < -0.3 is 9.47 Å². The third kappa shape index (κ3) is 1.46. The lowest BCUT2D eigenvalue weighted by Crippen LogP contribution is -1.92. The standard InChI is InChI=1S/C14H9NO2S/c1-2-14(18-5-1)10-4-3-9-6-12-13(17-8-16-12)7-11(9)15-10/h1-7H,8H2. The van der Waals surface area contributed by atoms with Crippen molar-refractivity contribution in [3.63, 3.8) is 0 Å². The van der Waals surface area contributed by atoms with Gasteiger partial charge in [0.1, 0.15) is 0 Å². The van der Waals surface area contributed by atoms with E-state index in [2.05, 4.69) is 22.5 Å². The quantitative estimate of drug-likeness (QED) is 0.664. The second-order valence-corrected chi connectivity index (χ2v) is 5.02. The van der Waals surface area contributed by atoms with Crippen LogP contribution in [0.3, 0.4) is 0 Å². The van der Waals surface area contributed by atoms with E-state index in [9.17, 15) is 0 Å². The molecule has 0 amide bonds. The van der Waals surface area contributed by atoms with Gasteiger partial charge in [0.25, 0.3) is 0 Å². The molecule has 4 heteroatoms. The highest BCUT2D eigenvalue weighted by molar-refractivity contribution is 7.13. The highest BCUT2D eigenvalue weighted by Crippen LogP contribution is 2.36. The van der Waals surface area contributed by atoms with Crippen molar-refractivity contribution in [2.24, 2.45) is 0 Å². The van der Waals surface area contributed by atoms with Crippen LogP contribution in [0.4, 0.5) is 0 Å². The molecule has 2 aromatic heterocycles. The van der Waals surface area contributed by atoms with Crippen molar-refractivity contribution in [2.75, 3.05) is 6.79 Å². The van der Waals surface area contributed by atoms with E-state index in [1.54, 1.807) is 11.3 Å². The van der Waals surface area contributed by atoms with Crippen LogP contribution in [0.2, 0.25) is 0 Å². The van der Waals surface area contributed by atoms with Gasteiger partial charge in [-0.3, -0.25) is 0 Å². The molecule has 3 nitrogen and oxygen atoms in total. The fourth-order valence-corrected chi connectivity index (χ4v) is 2.77. The molecule has 0 saturated carbocycles. The van der Waals surface area contributed by atoms with Crippen LogP contribution in [-0.4, -0.2) is 11.8 Å². The molecule has 0 N–H and O–H groups in total. The molecule has 1 aromatic carbocycles. The second kappa shape index (κ2) is 3.71. The predicted molar refractivity (Wildman–Crippen MR) is 71.2 cm³/mol. The maximum atomic E-state index is 5.38. The first kappa shape index (κ1) is 9.91. The van der Waals surface area contributed by atoms with Crippen molar-refractivity contribution in [2.45, 2.75) is 0 Å². The average Bonchev–Trinajstić information content (AvgIpc) is 3.06. The van der Waals surface area contributed by atoms with Gasteiger partial charge in [-0.15, -0.1) is 11.3 Å². The van der Waals surface area contributed by atoms with Crippen LogP contribution < -0.4 is 9.47 Å². The topological polar surface area (TPSA) is 31.4 Å². The lowest BCUT2D eigenvalue weighted by atomic mass is 10.1. The summed E-state index contributed by atoms with van der Waals surface area (Å²) >= 11 is 1.69. The molecule has 0 atom stereocenters. The first-order valence-electron chi connectivity index (χ1n) is 5.64. The normalized spacial score (nSPS) is 13.1. The Bertz CT molecular complexity index is 722. The molecular weight excluding hydrogens is 246 g/mol. The van der Waals surface area contributed by atoms with E-state index < -0.39 is 0 Å². The van der Waals surface area contributed by atoms with Crippen molar-refractivity contribution in [1.82, 2.24) is 4.98 Å². The Morgan fingerprint density at radius 3 is 2.78 bits per heavy atom. The number of thiophene rings is 1. The largest absolute Gasteiger partial charge is 0.454 e. The van der Waals surface area contributed by atoms with Gasteiger partial charge >= 0.3 is 0 Å². The molecule has 0 bridgehead atoms. The van der Waals surface area contributed by atoms with Crippen molar-refractivity contribution in [3.05, 3.63) is 41.8 Å². The molecular formula is C14H9NO2S. The van der Waals surface area contributed by atoms with Gasteiger partial charge in [0.15, 0.2) is 11.5 Å². The van der Waals surface area contributed by atoms with Crippen molar-refractivity contribution in [3.8, 4) is 22.1 Å². The number of ether oxygens (including phenoxy) is 2. The second-order valence-electron chi connectivity index (χ2n) is 4.07. The highest BCUT2D eigenvalue weighted by Gasteiger charge is 2.15. The zero-order valence-electron chi connectivity index (χ0n) is 9.42. The van der Waals surface area contributed by atoms with Crippen LogP contribution in [0.15, 0.2) is 41.8 Å². The lowest BCUT2D eigenvalue weighted by Gasteiger charge is -2.02. The number of fused-ring (bicyclic) bond motifs is 2. The summed E-state index contributed by atoms with van der Waals surface area (Å²) in [5.41, 5.74) is 1.93. The van der Waals surface area contributed by atoms with Crippen molar-refractivity contribution >= 4 is 22.2 Å². The Hall–Kier alpha value is -2.07. The summed E-state index contributed by atoms with van der Waals surface area (Å²) in [4.78, 5) is 5.85. The van der Waals surface area contributed by atoms with E-state index in [4.69, 9.17) is 9.47 Å². The van der Waals surface area contributed by atoms with E-state index in [0.717, 1.165) is 28.1 Å². The summed E-state index contributed by atoms with van der Waals surface area (Å²) in [5.74, 6) is 1.58. The van der Waals surface area contributed by atoms with E-state index in [1.165, 1.54) is 4.88 Å². The molecule has 0 fully saturated rings. The van der Waals surface area contributed by atoms with E-state index in [1.807, 2.05) is 24.3 Å². The van der Waals surface area contributed by atoms with Crippen molar-refractivity contribution < 1.29 is 9.47 Å². The van der Waals surface area contributed by atoms with Crippen LogP contribution >= 0.6 is 11.3 Å². The van der Waals surface area contributed by atoms with Crippen LogP contribution in [0.5, 0.6) is 11.5 Å². The molecule has 0 unspecified atom stereocenters. The lowest BCUT2D eigenvalue weighted by molar-refractivity contribution is 0.174. The SMILES string of the molecule is c1csc(-c2ccc3cc4c(cc3n2)OCO4)c1. The molecule has 0 spiro atoms. The van der Waals surface area contributed by atoms with Crippen LogP contribution in [0.1, 0.15) is 0 Å². The molecule has 3 heterocycles. The number of aromatic nitrogens is 1. The van der Waals surface area contributed by atoms with Crippen molar-refractivity contribution in [1.29, 1.82) is 0 Å². The minimum atomic E-state index is 0.295. The highest BCUT2D eigenvalue weighted by atomic mass is 32.1. The maximum Gasteiger partial charge on any atom is 0.231 e. The maximum absolute atomic E-state index is 5.38. The summed E-state index contributed by atoms with van der Waals surface area (Å²) < 4.78 is 10.7. The average molecular weight is 255 g/mol. The smallest absolute Gasteiger partial charge is 0.231 e. The molecule has 4 rings (SSSR count).